The molecule has 70 valence electrons. The second-order valence-corrected chi connectivity index (χ2v) is 3.40. The molecule has 0 saturated heterocycles. The van der Waals surface area contributed by atoms with Crippen LogP contribution < -0.4 is 0 Å². The highest BCUT2D eigenvalue weighted by Gasteiger charge is 2.20. The highest BCUT2D eigenvalue weighted by molar-refractivity contribution is 6.45. The van der Waals surface area contributed by atoms with Gasteiger partial charge in [0.15, 0.2) is 5.75 Å². The fourth-order valence-corrected chi connectivity index (χ4v) is 1.55. The maximum Gasteiger partial charge on any atom is 0.155 e. The molecule has 0 aromatic heterocycles. The van der Waals surface area contributed by atoms with Crippen molar-refractivity contribution >= 4 is 34.8 Å². The largest absolute Gasteiger partial charge is 0.505 e. The maximum absolute atomic E-state index is 9.31. The first-order valence-corrected chi connectivity index (χ1v) is 4.37. The molecule has 0 radical (unpaired) electrons. The van der Waals surface area contributed by atoms with Crippen LogP contribution in [-0.2, 0) is 0 Å². The maximum atomic E-state index is 9.31. The zero-order valence-corrected chi connectivity index (χ0v) is 8.74. The Morgan fingerprint density at radius 2 is 1.29 bits per heavy atom. The van der Waals surface area contributed by atoms with Gasteiger partial charge in [-0.25, -0.2) is 0 Å². The van der Waals surface area contributed by atoms with Crippen LogP contribution in [0, 0.1) is 22.7 Å². The Kier molecular flexibility index (Phi) is 3.08. The molecule has 0 aliphatic carbocycles. The van der Waals surface area contributed by atoms with Crippen LogP contribution in [0.4, 0.5) is 0 Å². The molecular weight excluding hydrogens is 246 g/mol. The molecule has 14 heavy (non-hydrogen) atoms. The monoisotopic (exact) mass is 246 g/mol. The van der Waals surface area contributed by atoms with Gasteiger partial charge in [-0.05, 0) is 0 Å². The van der Waals surface area contributed by atoms with Gasteiger partial charge in [0.05, 0.1) is 16.1 Å². The van der Waals surface area contributed by atoms with Crippen LogP contribution in [0.2, 0.25) is 15.1 Å². The van der Waals surface area contributed by atoms with Crippen LogP contribution in [0.1, 0.15) is 11.1 Å². The summed E-state index contributed by atoms with van der Waals surface area (Å²) >= 11 is 16.8. The minimum atomic E-state index is -0.492. The normalized spacial score (nSPS) is 9.21. The zero-order valence-electron chi connectivity index (χ0n) is 6.48. The van der Waals surface area contributed by atoms with Crippen molar-refractivity contribution in [1.82, 2.24) is 0 Å². The second kappa shape index (κ2) is 3.94. The fourth-order valence-electron chi connectivity index (χ4n) is 0.858. The molecular formula is C8HCl3N2O. The molecule has 0 aliphatic rings. The molecule has 1 aromatic rings. The van der Waals surface area contributed by atoms with E-state index in [9.17, 15) is 5.11 Å². The molecule has 3 nitrogen and oxygen atoms in total. The summed E-state index contributed by atoms with van der Waals surface area (Å²) in [5, 5.41) is 26.0. The van der Waals surface area contributed by atoms with Crippen molar-refractivity contribution in [2.24, 2.45) is 0 Å². The van der Waals surface area contributed by atoms with Crippen LogP contribution in [0.5, 0.6) is 5.75 Å². The van der Waals surface area contributed by atoms with E-state index in [4.69, 9.17) is 45.3 Å². The van der Waals surface area contributed by atoms with Gasteiger partial charge in [-0.3, -0.25) is 0 Å². The molecule has 0 fully saturated rings. The Morgan fingerprint density at radius 3 is 1.71 bits per heavy atom. The molecule has 0 amide bonds. The number of rotatable bonds is 0. The third-order valence-corrected chi connectivity index (χ3v) is 2.73. The smallest absolute Gasteiger partial charge is 0.155 e. The van der Waals surface area contributed by atoms with E-state index in [0.717, 1.165) is 0 Å². The Hall–Kier alpha value is -1.13. The second-order valence-electron chi connectivity index (χ2n) is 2.26. The molecule has 0 saturated carbocycles. The highest BCUT2D eigenvalue weighted by Crippen LogP contribution is 2.42. The average Bonchev–Trinajstić information content (AvgIpc) is 2.20. The van der Waals surface area contributed by atoms with Gasteiger partial charge in [-0.1, -0.05) is 34.8 Å². The predicted octanol–water partition coefficient (Wildman–Crippen LogP) is 3.10. The van der Waals surface area contributed by atoms with E-state index >= 15 is 0 Å². The Bertz CT molecular complexity index is 440. The summed E-state index contributed by atoms with van der Waals surface area (Å²) in [6.45, 7) is 0. The van der Waals surface area contributed by atoms with Gasteiger partial charge in [0.1, 0.15) is 22.2 Å². The first-order chi connectivity index (χ1) is 6.54. The van der Waals surface area contributed by atoms with Crippen molar-refractivity contribution in [2.75, 3.05) is 0 Å². The van der Waals surface area contributed by atoms with Crippen LogP contribution >= 0.6 is 34.8 Å². The number of halogens is 3. The molecule has 0 spiro atoms. The minimum Gasteiger partial charge on any atom is -0.505 e. The SMILES string of the molecule is N#Cc1c(Cl)c(O)c(Cl)c(Cl)c1C#N. The van der Waals surface area contributed by atoms with Crippen molar-refractivity contribution in [2.45, 2.75) is 0 Å². The summed E-state index contributed by atoms with van der Waals surface area (Å²) in [6.07, 6.45) is 0. The van der Waals surface area contributed by atoms with Crippen molar-refractivity contribution in [3.05, 3.63) is 26.2 Å². The number of hydrogen-bond acceptors (Lipinski definition) is 3. The van der Waals surface area contributed by atoms with Gasteiger partial charge in [-0.15, -0.1) is 0 Å². The lowest BCUT2D eigenvalue weighted by Gasteiger charge is -2.06. The first-order valence-electron chi connectivity index (χ1n) is 3.24. The molecule has 1 rings (SSSR count). The fraction of sp³-hybridized carbons (Fsp3) is 0. The standard InChI is InChI=1S/C8HCl3N2O/c9-5-3(1-12)4(2-13)6(10)8(14)7(5)11/h14H. The molecule has 6 heteroatoms. The molecule has 0 aliphatic heterocycles. The number of benzene rings is 1. The number of phenolic OH excluding ortho intramolecular Hbond substituents is 1. The van der Waals surface area contributed by atoms with E-state index in [1.165, 1.54) is 0 Å². The molecule has 1 aromatic carbocycles. The Balaban J connectivity index is 3.79. The summed E-state index contributed by atoms with van der Waals surface area (Å²) < 4.78 is 0. The average molecular weight is 247 g/mol. The summed E-state index contributed by atoms with van der Waals surface area (Å²) in [5.41, 5.74) is -0.317. The first kappa shape index (κ1) is 10.9. The number of phenols is 1. The van der Waals surface area contributed by atoms with Crippen LogP contribution in [0.25, 0.3) is 0 Å². The number of aromatic hydroxyl groups is 1. The number of nitrogens with zero attached hydrogens (tertiary/aromatic N) is 2. The lowest BCUT2D eigenvalue weighted by molar-refractivity contribution is 0.475. The van der Waals surface area contributed by atoms with Crippen molar-refractivity contribution in [1.29, 1.82) is 10.5 Å². The van der Waals surface area contributed by atoms with Crippen molar-refractivity contribution < 1.29 is 5.11 Å². The van der Waals surface area contributed by atoms with E-state index in [1.807, 2.05) is 0 Å². The Labute approximate surface area is 94.7 Å². The lowest BCUT2D eigenvalue weighted by atomic mass is 10.1. The quantitative estimate of drug-likeness (QED) is 0.716. The Morgan fingerprint density at radius 1 is 0.857 bits per heavy atom. The van der Waals surface area contributed by atoms with Gasteiger partial charge >= 0.3 is 0 Å². The summed E-state index contributed by atoms with van der Waals surface area (Å²) in [4.78, 5) is 0. The van der Waals surface area contributed by atoms with E-state index in [-0.39, 0.29) is 26.2 Å². The van der Waals surface area contributed by atoms with E-state index < -0.39 is 5.75 Å². The van der Waals surface area contributed by atoms with E-state index in [0.29, 0.717) is 0 Å². The predicted molar refractivity (Wildman–Crippen MR) is 52.6 cm³/mol. The molecule has 0 unspecified atom stereocenters. The highest BCUT2D eigenvalue weighted by atomic mass is 35.5. The molecule has 0 heterocycles. The van der Waals surface area contributed by atoms with Gasteiger partial charge in [0, 0.05) is 0 Å². The number of nitriles is 2. The van der Waals surface area contributed by atoms with Crippen molar-refractivity contribution in [3.8, 4) is 17.9 Å². The van der Waals surface area contributed by atoms with Crippen molar-refractivity contribution in [3.63, 3.8) is 0 Å². The van der Waals surface area contributed by atoms with E-state index in [1.54, 1.807) is 12.1 Å². The molecule has 0 bridgehead atoms. The zero-order chi connectivity index (χ0) is 10.9. The minimum absolute atomic E-state index is 0.137. The third kappa shape index (κ3) is 1.47. The summed E-state index contributed by atoms with van der Waals surface area (Å²) in [6, 6.07) is 3.36. The summed E-state index contributed by atoms with van der Waals surface area (Å²) in [7, 11) is 0. The van der Waals surface area contributed by atoms with Crippen LogP contribution in [0.15, 0.2) is 0 Å². The van der Waals surface area contributed by atoms with Crippen LogP contribution in [-0.4, -0.2) is 5.11 Å². The summed E-state index contributed by atoms with van der Waals surface area (Å²) in [5.74, 6) is -0.492. The third-order valence-electron chi connectivity index (χ3n) is 1.52. The van der Waals surface area contributed by atoms with Gasteiger partial charge < -0.3 is 5.11 Å². The molecule has 1 N–H and O–H groups in total. The number of hydrogen-bond donors (Lipinski definition) is 1. The van der Waals surface area contributed by atoms with Gasteiger partial charge in [0.2, 0.25) is 0 Å². The topological polar surface area (TPSA) is 67.8 Å². The van der Waals surface area contributed by atoms with Gasteiger partial charge in [-0.2, -0.15) is 10.5 Å². The van der Waals surface area contributed by atoms with Gasteiger partial charge in [0.25, 0.3) is 0 Å². The van der Waals surface area contributed by atoms with Crippen LogP contribution in [0.3, 0.4) is 0 Å². The van der Waals surface area contributed by atoms with E-state index in [2.05, 4.69) is 0 Å². The lowest BCUT2D eigenvalue weighted by Crippen LogP contribution is -1.89. The molecule has 0 atom stereocenters.